The summed E-state index contributed by atoms with van der Waals surface area (Å²) in [5, 5.41) is 1.17. The van der Waals surface area contributed by atoms with Gasteiger partial charge in [-0.05, 0) is 5.30 Å². The van der Waals surface area contributed by atoms with Crippen molar-refractivity contribution in [1.82, 2.24) is 0 Å². The molecule has 10 heavy (non-hydrogen) atoms. The van der Waals surface area contributed by atoms with Crippen LogP contribution in [0.2, 0.25) is 0 Å². The van der Waals surface area contributed by atoms with Gasteiger partial charge in [0.1, 0.15) is 0 Å². The van der Waals surface area contributed by atoms with Crippen LogP contribution in [-0.2, 0) is 0 Å². The Kier molecular flexibility index (Phi) is 2.82. The molecule has 1 rings (SSSR count). The Morgan fingerprint density at radius 2 is 1.80 bits per heavy atom. The van der Waals surface area contributed by atoms with E-state index in [4.69, 9.17) is 11.2 Å². The van der Waals surface area contributed by atoms with E-state index < -0.39 is 8.07 Å². The van der Waals surface area contributed by atoms with Crippen molar-refractivity contribution in [3.8, 4) is 0 Å². The van der Waals surface area contributed by atoms with Gasteiger partial charge in [-0.15, -0.1) is 0 Å². The van der Waals surface area contributed by atoms with E-state index >= 15 is 0 Å². The lowest BCUT2D eigenvalue weighted by Gasteiger charge is -2.07. The van der Waals surface area contributed by atoms with E-state index in [-0.39, 0.29) is 0 Å². The number of benzene rings is 1. The van der Waals surface area contributed by atoms with Crippen LogP contribution >= 0.6 is 8.07 Å². The highest BCUT2D eigenvalue weighted by atomic mass is 31.1. The molecule has 1 aromatic carbocycles. The van der Waals surface area contributed by atoms with Crippen LogP contribution in [0.15, 0.2) is 30.3 Å². The van der Waals surface area contributed by atoms with E-state index in [1.165, 1.54) is 5.30 Å². The van der Waals surface area contributed by atoms with Gasteiger partial charge in [0, 0.05) is 14.4 Å². The van der Waals surface area contributed by atoms with Gasteiger partial charge in [-0.1, -0.05) is 30.3 Å². The zero-order valence-electron chi connectivity index (χ0n) is 5.70. The van der Waals surface area contributed by atoms with Gasteiger partial charge < -0.3 is 11.2 Å². The SMILES string of the molecule is NCP(N)c1ccccc1. The third-order valence-electron chi connectivity index (χ3n) is 1.28. The fraction of sp³-hybridized carbons (Fsp3) is 0.143. The number of nitrogens with two attached hydrogens (primary N) is 2. The summed E-state index contributed by atoms with van der Waals surface area (Å²) in [6.07, 6.45) is 0.569. The van der Waals surface area contributed by atoms with E-state index in [9.17, 15) is 0 Å². The van der Waals surface area contributed by atoms with E-state index in [0.29, 0.717) is 6.29 Å². The van der Waals surface area contributed by atoms with E-state index in [2.05, 4.69) is 0 Å². The molecule has 3 heteroatoms. The van der Waals surface area contributed by atoms with Crippen LogP contribution in [0, 0.1) is 0 Å². The molecule has 0 bridgehead atoms. The topological polar surface area (TPSA) is 52.0 Å². The Morgan fingerprint density at radius 3 is 2.30 bits per heavy atom. The molecule has 1 atom stereocenters. The van der Waals surface area contributed by atoms with Crippen molar-refractivity contribution in [3.63, 3.8) is 0 Å². The predicted octanol–water partition coefficient (Wildman–Crippen LogP) is 0.584. The van der Waals surface area contributed by atoms with Gasteiger partial charge in [-0.3, -0.25) is 0 Å². The summed E-state index contributed by atoms with van der Waals surface area (Å²) in [6, 6.07) is 9.96. The van der Waals surface area contributed by atoms with Crippen LogP contribution in [0.4, 0.5) is 0 Å². The maximum Gasteiger partial charge on any atom is 0.0301 e. The molecule has 0 radical (unpaired) electrons. The molecule has 0 aromatic heterocycles. The molecule has 2 nitrogen and oxygen atoms in total. The summed E-state index contributed by atoms with van der Waals surface area (Å²) >= 11 is 0. The Balaban J connectivity index is 2.75. The molecule has 54 valence electrons. The van der Waals surface area contributed by atoms with Crippen molar-refractivity contribution >= 4 is 13.4 Å². The molecule has 0 aliphatic heterocycles. The van der Waals surface area contributed by atoms with Crippen molar-refractivity contribution in [1.29, 1.82) is 0 Å². The normalized spacial score (nSPS) is 13.0. The fourth-order valence-corrected chi connectivity index (χ4v) is 1.49. The monoisotopic (exact) mass is 154 g/mol. The number of hydrogen-bond donors (Lipinski definition) is 2. The molecule has 0 spiro atoms. The number of hydrogen-bond acceptors (Lipinski definition) is 2. The second kappa shape index (κ2) is 3.67. The maximum absolute atomic E-state index is 5.73. The van der Waals surface area contributed by atoms with Gasteiger partial charge >= 0.3 is 0 Å². The third-order valence-corrected chi connectivity index (χ3v) is 2.64. The van der Waals surface area contributed by atoms with Crippen LogP contribution in [0.5, 0.6) is 0 Å². The molecule has 1 unspecified atom stereocenters. The smallest absolute Gasteiger partial charge is 0.0301 e. The van der Waals surface area contributed by atoms with E-state index in [1.54, 1.807) is 0 Å². The highest BCUT2D eigenvalue weighted by Gasteiger charge is 1.99. The summed E-state index contributed by atoms with van der Waals surface area (Å²) in [5.41, 5.74) is 11.1. The van der Waals surface area contributed by atoms with Crippen LogP contribution in [0.1, 0.15) is 0 Å². The summed E-state index contributed by atoms with van der Waals surface area (Å²) in [6.45, 7) is 0. The van der Waals surface area contributed by atoms with Crippen LogP contribution in [-0.4, -0.2) is 6.29 Å². The standard InChI is InChI=1S/C7H11N2P/c8-6-10(9)7-4-2-1-3-5-7/h1-5H,6,8-9H2. The van der Waals surface area contributed by atoms with Crippen molar-refractivity contribution in [3.05, 3.63) is 30.3 Å². The van der Waals surface area contributed by atoms with Gasteiger partial charge in [-0.25, -0.2) is 0 Å². The zero-order valence-corrected chi connectivity index (χ0v) is 6.59. The summed E-state index contributed by atoms with van der Waals surface area (Å²) < 4.78 is 0. The zero-order chi connectivity index (χ0) is 7.40. The molecule has 1 aromatic rings. The maximum atomic E-state index is 5.73. The third kappa shape index (κ3) is 1.77. The summed E-state index contributed by atoms with van der Waals surface area (Å²) in [4.78, 5) is 0. The minimum absolute atomic E-state index is 0.569. The largest absolute Gasteiger partial charge is 0.325 e. The molecule has 0 heterocycles. The minimum Gasteiger partial charge on any atom is -0.325 e. The lowest BCUT2D eigenvalue weighted by Crippen LogP contribution is -2.13. The summed E-state index contributed by atoms with van der Waals surface area (Å²) in [7, 11) is -0.596. The van der Waals surface area contributed by atoms with Crippen LogP contribution < -0.4 is 16.5 Å². The first-order valence-electron chi connectivity index (χ1n) is 3.12. The predicted molar refractivity (Wildman–Crippen MR) is 46.2 cm³/mol. The molecule has 0 amide bonds. The second-order valence-corrected chi connectivity index (χ2v) is 3.81. The van der Waals surface area contributed by atoms with Gasteiger partial charge in [0.05, 0.1) is 0 Å². The average Bonchev–Trinajstić information content (AvgIpc) is 2.05. The molecule has 4 N–H and O–H groups in total. The van der Waals surface area contributed by atoms with Gasteiger partial charge in [0.15, 0.2) is 0 Å². The molecular weight excluding hydrogens is 143 g/mol. The van der Waals surface area contributed by atoms with E-state index in [0.717, 1.165) is 0 Å². The van der Waals surface area contributed by atoms with Crippen molar-refractivity contribution in [2.45, 2.75) is 0 Å². The Morgan fingerprint density at radius 1 is 1.20 bits per heavy atom. The van der Waals surface area contributed by atoms with Crippen LogP contribution in [0.3, 0.4) is 0 Å². The lowest BCUT2D eigenvalue weighted by molar-refractivity contribution is 1.37. The first-order valence-corrected chi connectivity index (χ1v) is 4.71. The Labute approximate surface area is 62.0 Å². The van der Waals surface area contributed by atoms with Gasteiger partial charge in [0.2, 0.25) is 0 Å². The first kappa shape index (κ1) is 7.67. The first-order chi connectivity index (χ1) is 4.84. The van der Waals surface area contributed by atoms with Gasteiger partial charge in [-0.2, -0.15) is 0 Å². The van der Waals surface area contributed by atoms with E-state index in [1.807, 2.05) is 30.3 Å². The van der Waals surface area contributed by atoms with Crippen LogP contribution in [0.25, 0.3) is 0 Å². The van der Waals surface area contributed by atoms with Gasteiger partial charge in [0.25, 0.3) is 0 Å². The molecular formula is C7H11N2P. The Hall–Kier alpha value is -0.430. The highest BCUT2D eigenvalue weighted by molar-refractivity contribution is 7.63. The quantitative estimate of drug-likeness (QED) is 0.612. The highest BCUT2D eigenvalue weighted by Crippen LogP contribution is 2.19. The molecule has 0 fully saturated rings. The number of rotatable bonds is 2. The minimum atomic E-state index is -0.596. The second-order valence-electron chi connectivity index (χ2n) is 1.99. The summed E-state index contributed by atoms with van der Waals surface area (Å²) in [5.74, 6) is 0. The molecule has 0 aliphatic carbocycles. The van der Waals surface area contributed by atoms with Crippen molar-refractivity contribution in [2.24, 2.45) is 11.2 Å². The molecule has 0 aliphatic rings. The molecule has 0 saturated carbocycles. The fourth-order valence-electron chi connectivity index (χ4n) is 0.725. The molecule has 0 saturated heterocycles. The Bertz CT molecular complexity index is 188. The lowest BCUT2D eigenvalue weighted by atomic mass is 10.4. The van der Waals surface area contributed by atoms with Crippen molar-refractivity contribution in [2.75, 3.05) is 6.29 Å². The average molecular weight is 154 g/mol. The van der Waals surface area contributed by atoms with Crippen molar-refractivity contribution < 1.29 is 0 Å².